The third-order valence-electron chi connectivity index (χ3n) is 5.20. The van der Waals surface area contributed by atoms with Crippen molar-refractivity contribution in [2.45, 2.75) is 66.2 Å². The first kappa shape index (κ1) is 18.8. The van der Waals surface area contributed by atoms with E-state index >= 15 is 0 Å². The van der Waals surface area contributed by atoms with Gasteiger partial charge in [-0.25, -0.2) is 0 Å². The molecule has 0 radical (unpaired) electrons. The highest BCUT2D eigenvalue weighted by Gasteiger charge is 2.25. The van der Waals surface area contributed by atoms with Gasteiger partial charge >= 0.3 is 0 Å². The SMILES string of the molecule is CC(C)(C)C1CCCCC1.CCc1ccc2cc(OF)ccc2c1. The Labute approximate surface area is 146 Å². The first-order valence-electron chi connectivity index (χ1n) is 9.25. The van der Waals surface area contributed by atoms with Gasteiger partial charge in [0, 0.05) is 4.53 Å². The van der Waals surface area contributed by atoms with Crippen LogP contribution in [0.15, 0.2) is 36.4 Å². The molecule has 0 heterocycles. The minimum Gasteiger partial charge on any atom is -0.294 e. The van der Waals surface area contributed by atoms with Gasteiger partial charge in [0.15, 0.2) is 5.75 Å². The quantitative estimate of drug-likeness (QED) is 0.562. The smallest absolute Gasteiger partial charge is 0.172 e. The third-order valence-corrected chi connectivity index (χ3v) is 5.20. The number of benzene rings is 2. The molecule has 2 aromatic carbocycles. The summed E-state index contributed by atoms with van der Waals surface area (Å²) in [6.07, 6.45) is 8.39. The molecule has 1 nitrogen and oxygen atoms in total. The average Bonchev–Trinajstić information content (AvgIpc) is 2.61. The lowest BCUT2D eigenvalue weighted by Crippen LogP contribution is -2.22. The highest BCUT2D eigenvalue weighted by atomic mass is 19.3. The molecule has 0 atom stereocenters. The summed E-state index contributed by atoms with van der Waals surface area (Å²) < 4.78 is 11.9. The molecule has 0 N–H and O–H groups in total. The lowest BCUT2D eigenvalue weighted by molar-refractivity contribution is -0.00603. The monoisotopic (exact) mass is 330 g/mol. The van der Waals surface area contributed by atoms with Crippen molar-refractivity contribution in [2.75, 3.05) is 0 Å². The zero-order valence-electron chi connectivity index (χ0n) is 15.6. The van der Waals surface area contributed by atoms with Gasteiger partial charge in [0.1, 0.15) is 0 Å². The average molecular weight is 330 g/mol. The molecule has 0 bridgehead atoms. The van der Waals surface area contributed by atoms with Crippen LogP contribution < -0.4 is 4.94 Å². The van der Waals surface area contributed by atoms with E-state index in [-0.39, 0.29) is 5.75 Å². The van der Waals surface area contributed by atoms with Crippen LogP contribution >= 0.6 is 0 Å². The maximum atomic E-state index is 11.9. The number of hydrogen-bond donors (Lipinski definition) is 0. The van der Waals surface area contributed by atoms with Crippen molar-refractivity contribution in [3.8, 4) is 5.75 Å². The number of halogens is 1. The van der Waals surface area contributed by atoms with Crippen LogP contribution in [0.25, 0.3) is 10.8 Å². The van der Waals surface area contributed by atoms with E-state index in [1.165, 1.54) is 37.7 Å². The van der Waals surface area contributed by atoms with Crippen LogP contribution in [-0.4, -0.2) is 0 Å². The minimum absolute atomic E-state index is 0.252. The number of rotatable bonds is 2. The Morgan fingerprint density at radius 2 is 1.58 bits per heavy atom. The summed E-state index contributed by atoms with van der Waals surface area (Å²) in [7, 11) is 0. The van der Waals surface area contributed by atoms with Gasteiger partial charge in [-0.05, 0) is 59.1 Å². The Balaban J connectivity index is 0.000000185. The van der Waals surface area contributed by atoms with E-state index in [0.29, 0.717) is 5.41 Å². The molecule has 1 saturated carbocycles. The molecule has 2 heteroatoms. The topological polar surface area (TPSA) is 9.23 Å². The molecule has 1 aliphatic carbocycles. The van der Waals surface area contributed by atoms with E-state index in [2.05, 4.69) is 38.7 Å². The van der Waals surface area contributed by atoms with E-state index in [4.69, 9.17) is 0 Å². The zero-order chi connectivity index (χ0) is 17.6. The predicted octanol–water partition coefficient (Wildman–Crippen LogP) is 7.28. The molecular formula is C22H31FO. The van der Waals surface area contributed by atoms with Crippen molar-refractivity contribution in [1.82, 2.24) is 0 Å². The summed E-state index contributed by atoms with van der Waals surface area (Å²) >= 11 is 0. The second-order valence-electron chi connectivity index (χ2n) is 7.97. The van der Waals surface area contributed by atoms with Crippen molar-refractivity contribution < 1.29 is 9.47 Å². The molecule has 0 saturated heterocycles. The summed E-state index contributed by atoms with van der Waals surface area (Å²) in [5.41, 5.74) is 1.85. The van der Waals surface area contributed by atoms with Gasteiger partial charge in [-0.3, -0.25) is 4.94 Å². The van der Waals surface area contributed by atoms with Crippen molar-refractivity contribution in [1.29, 1.82) is 0 Å². The van der Waals surface area contributed by atoms with E-state index in [0.717, 1.165) is 23.1 Å². The second kappa shape index (κ2) is 8.50. The van der Waals surface area contributed by atoms with E-state index in [1.807, 2.05) is 18.2 Å². The molecule has 1 aliphatic rings. The number of hydrogen-bond acceptors (Lipinski definition) is 1. The van der Waals surface area contributed by atoms with Gasteiger partial charge in [0.05, 0.1) is 0 Å². The van der Waals surface area contributed by atoms with Crippen LogP contribution in [0, 0.1) is 11.3 Å². The Bertz CT molecular complexity index is 593. The van der Waals surface area contributed by atoms with Crippen molar-refractivity contribution >= 4 is 10.8 Å². The molecule has 0 unspecified atom stereocenters. The molecule has 0 spiro atoms. The molecule has 0 aromatic heterocycles. The number of fused-ring (bicyclic) bond motifs is 1. The molecule has 2 aromatic rings. The van der Waals surface area contributed by atoms with Crippen LogP contribution in [0.3, 0.4) is 0 Å². The Morgan fingerprint density at radius 1 is 0.958 bits per heavy atom. The fourth-order valence-corrected chi connectivity index (χ4v) is 3.51. The van der Waals surface area contributed by atoms with Gasteiger partial charge in [0.25, 0.3) is 0 Å². The summed E-state index contributed by atoms with van der Waals surface area (Å²) in [4.78, 5) is 3.68. The fourth-order valence-electron chi connectivity index (χ4n) is 3.51. The van der Waals surface area contributed by atoms with Crippen LogP contribution in [0.1, 0.15) is 65.4 Å². The first-order chi connectivity index (χ1) is 11.4. The molecule has 0 aliphatic heterocycles. The lowest BCUT2D eigenvalue weighted by atomic mass is 9.72. The van der Waals surface area contributed by atoms with Gasteiger partial charge < -0.3 is 0 Å². The van der Waals surface area contributed by atoms with E-state index in [9.17, 15) is 4.53 Å². The first-order valence-corrected chi connectivity index (χ1v) is 9.25. The van der Waals surface area contributed by atoms with E-state index < -0.39 is 0 Å². The molecule has 3 rings (SSSR count). The summed E-state index contributed by atoms with van der Waals surface area (Å²) in [5, 5.41) is 2.11. The zero-order valence-corrected chi connectivity index (χ0v) is 15.6. The molecule has 132 valence electrons. The van der Waals surface area contributed by atoms with Crippen LogP contribution in [0.2, 0.25) is 0 Å². The Kier molecular flexibility index (Phi) is 6.65. The van der Waals surface area contributed by atoms with Gasteiger partial charge in [0.2, 0.25) is 0 Å². The highest BCUT2D eigenvalue weighted by molar-refractivity contribution is 5.84. The van der Waals surface area contributed by atoms with Gasteiger partial charge in [-0.1, -0.05) is 71.2 Å². The Morgan fingerprint density at radius 3 is 2.12 bits per heavy atom. The van der Waals surface area contributed by atoms with E-state index in [1.54, 1.807) is 12.1 Å². The summed E-state index contributed by atoms with van der Waals surface area (Å²) in [5.74, 6) is 1.25. The van der Waals surface area contributed by atoms with Gasteiger partial charge in [-0.15, -0.1) is 0 Å². The molecule has 1 fully saturated rings. The Hall–Kier alpha value is -1.57. The van der Waals surface area contributed by atoms with Crippen molar-refractivity contribution in [3.63, 3.8) is 0 Å². The maximum Gasteiger partial charge on any atom is 0.172 e. The van der Waals surface area contributed by atoms with Crippen LogP contribution in [0.5, 0.6) is 5.75 Å². The van der Waals surface area contributed by atoms with Crippen molar-refractivity contribution in [3.05, 3.63) is 42.0 Å². The van der Waals surface area contributed by atoms with Gasteiger partial charge in [-0.2, -0.15) is 0 Å². The predicted molar refractivity (Wildman–Crippen MR) is 101 cm³/mol. The van der Waals surface area contributed by atoms with Crippen LogP contribution in [0.4, 0.5) is 4.53 Å². The summed E-state index contributed by atoms with van der Waals surface area (Å²) in [6, 6.07) is 11.3. The third kappa shape index (κ3) is 5.22. The molecular weight excluding hydrogens is 299 g/mol. The largest absolute Gasteiger partial charge is 0.294 e. The van der Waals surface area contributed by atoms with Crippen LogP contribution in [-0.2, 0) is 6.42 Å². The molecule has 0 amide bonds. The van der Waals surface area contributed by atoms with Crippen molar-refractivity contribution in [2.24, 2.45) is 11.3 Å². The maximum absolute atomic E-state index is 11.9. The fraction of sp³-hybridized carbons (Fsp3) is 0.545. The summed E-state index contributed by atoms with van der Waals surface area (Å²) in [6.45, 7) is 9.25. The lowest BCUT2D eigenvalue weighted by Gasteiger charge is -2.33. The second-order valence-corrected chi connectivity index (χ2v) is 7.97. The number of aryl methyl sites for hydroxylation is 1. The highest BCUT2D eigenvalue weighted by Crippen LogP contribution is 2.37. The standard InChI is InChI=1S/C12H11FO.C10H20/c1-2-9-3-4-11-8-12(14-13)6-5-10(11)7-9;1-10(2,3)9-7-5-4-6-8-9/h3-8H,2H2,1H3;9H,4-8H2,1-3H3. The molecule has 24 heavy (non-hydrogen) atoms. The normalized spacial score (nSPS) is 15.7. The minimum atomic E-state index is 0.252.